The van der Waals surface area contributed by atoms with Gasteiger partial charge < -0.3 is 15.6 Å². The van der Waals surface area contributed by atoms with Gasteiger partial charge in [-0.2, -0.15) is 0 Å². The molecule has 2 aromatic rings. The van der Waals surface area contributed by atoms with E-state index in [9.17, 15) is 9.59 Å². The summed E-state index contributed by atoms with van der Waals surface area (Å²) >= 11 is 0. The lowest BCUT2D eigenvalue weighted by molar-refractivity contribution is 0.0950. The molecule has 0 saturated heterocycles. The number of rotatable bonds is 6. The van der Waals surface area contributed by atoms with E-state index in [1.807, 2.05) is 30.3 Å². The van der Waals surface area contributed by atoms with Crippen LogP contribution in [0.1, 0.15) is 24.2 Å². The predicted molar refractivity (Wildman–Crippen MR) is 88.1 cm³/mol. The highest BCUT2D eigenvalue weighted by atomic mass is 16.1. The van der Waals surface area contributed by atoms with Gasteiger partial charge in [-0.25, -0.2) is 0 Å². The summed E-state index contributed by atoms with van der Waals surface area (Å²) in [5, 5.41) is 6.32. The molecule has 0 saturated carbocycles. The number of para-hydroxylation sites is 1. The zero-order valence-electron chi connectivity index (χ0n) is 12.8. The van der Waals surface area contributed by atoms with Crippen LogP contribution in [0.25, 0.3) is 0 Å². The number of carbonyl (C=O) groups is 1. The van der Waals surface area contributed by atoms with E-state index in [0.717, 1.165) is 5.69 Å². The Labute approximate surface area is 129 Å². The van der Waals surface area contributed by atoms with Crippen LogP contribution in [-0.2, 0) is 0 Å². The van der Waals surface area contributed by atoms with Crippen molar-refractivity contribution in [2.45, 2.75) is 19.9 Å². The van der Waals surface area contributed by atoms with E-state index in [1.54, 1.807) is 0 Å². The molecule has 0 radical (unpaired) electrons. The predicted octanol–water partition coefficient (Wildman–Crippen LogP) is 2.24. The summed E-state index contributed by atoms with van der Waals surface area (Å²) in [4.78, 5) is 25.6. The van der Waals surface area contributed by atoms with Gasteiger partial charge >= 0.3 is 0 Å². The van der Waals surface area contributed by atoms with Crippen LogP contribution >= 0.6 is 0 Å². The molecule has 1 aromatic carbocycles. The smallest absolute Gasteiger partial charge is 0.252 e. The van der Waals surface area contributed by atoms with Gasteiger partial charge in [0.05, 0.1) is 5.56 Å². The normalized spacial score (nSPS) is 12.0. The molecular formula is C17H21N3O2. The van der Waals surface area contributed by atoms with Gasteiger partial charge in [0.1, 0.15) is 0 Å². The molecule has 1 heterocycles. The summed E-state index contributed by atoms with van der Waals surface area (Å²) < 4.78 is 0. The first-order valence-corrected chi connectivity index (χ1v) is 7.35. The first-order chi connectivity index (χ1) is 10.6. The molecule has 0 aliphatic carbocycles. The molecule has 0 unspecified atom stereocenters. The van der Waals surface area contributed by atoms with Gasteiger partial charge in [-0.05, 0) is 24.1 Å². The molecular weight excluding hydrogens is 278 g/mol. The summed E-state index contributed by atoms with van der Waals surface area (Å²) in [5.41, 5.74) is 1.25. The second-order valence-corrected chi connectivity index (χ2v) is 5.51. The highest BCUT2D eigenvalue weighted by Gasteiger charge is 2.15. The largest absolute Gasteiger partial charge is 0.380 e. The molecule has 2 rings (SSSR count). The van der Waals surface area contributed by atoms with Crippen molar-refractivity contribution in [3.05, 3.63) is 64.6 Å². The number of aromatic amines is 1. The fraction of sp³-hybridized carbons (Fsp3) is 0.294. The second-order valence-electron chi connectivity index (χ2n) is 5.51. The fourth-order valence-electron chi connectivity index (χ4n) is 2.06. The van der Waals surface area contributed by atoms with Crippen LogP contribution in [0.2, 0.25) is 0 Å². The number of amides is 1. The Morgan fingerprint density at radius 2 is 1.86 bits per heavy atom. The zero-order valence-corrected chi connectivity index (χ0v) is 12.8. The molecule has 1 atom stereocenters. The maximum Gasteiger partial charge on any atom is 0.252 e. The maximum atomic E-state index is 12.1. The minimum Gasteiger partial charge on any atom is -0.380 e. The Kier molecular flexibility index (Phi) is 5.36. The lowest BCUT2D eigenvalue weighted by Crippen LogP contribution is -2.39. The van der Waals surface area contributed by atoms with E-state index in [1.165, 1.54) is 18.3 Å². The standard InChI is InChI=1S/C17H21N3O2/c1-12(2)15(20-14-6-4-3-5-7-14)11-19-17(22)13-8-9-16(21)18-10-13/h3-10,12,15,20H,11H2,1-2H3,(H,18,21)(H,19,22)/t15-/m0/s1. The molecule has 0 bridgehead atoms. The van der Waals surface area contributed by atoms with Crippen molar-refractivity contribution < 1.29 is 4.79 Å². The third-order valence-electron chi connectivity index (χ3n) is 3.46. The topological polar surface area (TPSA) is 74.0 Å². The number of benzene rings is 1. The first kappa shape index (κ1) is 15.8. The molecule has 116 valence electrons. The van der Waals surface area contributed by atoms with E-state index in [4.69, 9.17) is 0 Å². The summed E-state index contributed by atoms with van der Waals surface area (Å²) in [6.07, 6.45) is 1.42. The van der Waals surface area contributed by atoms with Crippen molar-refractivity contribution in [3.8, 4) is 0 Å². The zero-order chi connectivity index (χ0) is 15.9. The van der Waals surface area contributed by atoms with Crippen molar-refractivity contribution in [1.82, 2.24) is 10.3 Å². The van der Waals surface area contributed by atoms with Crippen molar-refractivity contribution in [2.24, 2.45) is 5.92 Å². The molecule has 22 heavy (non-hydrogen) atoms. The Hall–Kier alpha value is -2.56. The average Bonchev–Trinajstić information content (AvgIpc) is 2.52. The molecule has 1 amide bonds. The Balaban J connectivity index is 1.95. The Morgan fingerprint density at radius 3 is 2.45 bits per heavy atom. The van der Waals surface area contributed by atoms with E-state index in [2.05, 4.69) is 29.5 Å². The van der Waals surface area contributed by atoms with E-state index in [0.29, 0.717) is 18.0 Å². The van der Waals surface area contributed by atoms with Gasteiger partial charge in [0.2, 0.25) is 5.56 Å². The van der Waals surface area contributed by atoms with Gasteiger partial charge in [-0.3, -0.25) is 9.59 Å². The minimum atomic E-state index is -0.220. The highest BCUT2D eigenvalue weighted by molar-refractivity contribution is 5.93. The Morgan fingerprint density at radius 1 is 1.14 bits per heavy atom. The quantitative estimate of drug-likeness (QED) is 0.766. The van der Waals surface area contributed by atoms with Crippen molar-refractivity contribution in [1.29, 1.82) is 0 Å². The number of pyridine rings is 1. The second kappa shape index (κ2) is 7.45. The third kappa shape index (κ3) is 4.48. The highest BCUT2D eigenvalue weighted by Crippen LogP contribution is 2.11. The molecule has 5 heteroatoms. The van der Waals surface area contributed by atoms with E-state index >= 15 is 0 Å². The average molecular weight is 299 g/mol. The number of anilines is 1. The monoisotopic (exact) mass is 299 g/mol. The molecule has 3 N–H and O–H groups in total. The van der Waals surface area contributed by atoms with Gasteiger partial charge in [0.15, 0.2) is 0 Å². The van der Waals surface area contributed by atoms with Gasteiger partial charge in [0, 0.05) is 30.5 Å². The summed E-state index contributed by atoms with van der Waals surface area (Å²) in [6.45, 7) is 4.71. The molecule has 0 fully saturated rings. The van der Waals surface area contributed by atoms with Crippen LogP contribution in [0.3, 0.4) is 0 Å². The number of nitrogens with one attached hydrogen (secondary N) is 3. The molecule has 0 spiro atoms. The molecule has 0 aliphatic heterocycles. The van der Waals surface area contributed by atoms with Gasteiger partial charge in [-0.15, -0.1) is 0 Å². The van der Waals surface area contributed by atoms with Crippen LogP contribution in [0, 0.1) is 5.92 Å². The fourth-order valence-corrected chi connectivity index (χ4v) is 2.06. The van der Waals surface area contributed by atoms with Crippen LogP contribution in [0.5, 0.6) is 0 Å². The van der Waals surface area contributed by atoms with E-state index < -0.39 is 0 Å². The lowest BCUT2D eigenvalue weighted by Gasteiger charge is -2.24. The van der Waals surface area contributed by atoms with Crippen LogP contribution in [-0.4, -0.2) is 23.5 Å². The number of hydrogen-bond donors (Lipinski definition) is 3. The van der Waals surface area contributed by atoms with Gasteiger partial charge in [-0.1, -0.05) is 32.0 Å². The van der Waals surface area contributed by atoms with Gasteiger partial charge in [0.25, 0.3) is 5.91 Å². The SMILES string of the molecule is CC(C)[C@H](CNC(=O)c1ccc(=O)[nH]c1)Nc1ccccc1. The van der Waals surface area contributed by atoms with Crippen LogP contribution in [0.4, 0.5) is 5.69 Å². The summed E-state index contributed by atoms with van der Waals surface area (Å²) in [7, 11) is 0. The van der Waals surface area contributed by atoms with Crippen molar-refractivity contribution in [3.63, 3.8) is 0 Å². The van der Waals surface area contributed by atoms with E-state index in [-0.39, 0.29) is 17.5 Å². The van der Waals surface area contributed by atoms with Crippen molar-refractivity contribution in [2.75, 3.05) is 11.9 Å². The summed E-state index contributed by atoms with van der Waals surface area (Å²) in [5.74, 6) is 0.160. The number of hydrogen-bond acceptors (Lipinski definition) is 3. The van der Waals surface area contributed by atoms with Crippen molar-refractivity contribution >= 4 is 11.6 Å². The Bertz CT molecular complexity index is 645. The number of H-pyrrole nitrogens is 1. The van der Waals surface area contributed by atoms with Crippen LogP contribution in [0.15, 0.2) is 53.5 Å². The third-order valence-corrected chi connectivity index (χ3v) is 3.46. The summed E-state index contributed by atoms with van der Waals surface area (Å²) in [6, 6.07) is 12.9. The molecule has 0 aliphatic rings. The first-order valence-electron chi connectivity index (χ1n) is 7.35. The minimum absolute atomic E-state index is 0.120. The lowest BCUT2D eigenvalue weighted by atomic mass is 10.0. The molecule has 5 nitrogen and oxygen atoms in total. The molecule has 1 aromatic heterocycles. The van der Waals surface area contributed by atoms with Crippen LogP contribution < -0.4 is 16.2 Å². The number of aromatic nitrogens is 1. The maximum absolute atomic E-state index is 12.1. The number of carbonyl (C=O) groups excluding carboxylic acids is 1.